The predicted molar refractivity (Wildman–Crippen MR) is 76.9 cm³/mol. The van der Waals surface area contributed by atoms with Crippen LogP contribution in [0.2, 0.25) is 0 Å². The second-order valence-electron chi connectivity index (χ2n) is 6.69. The van der Waals surface area contributed by atoms with Gasteiger partial charge >= 0.3 is 0 Å². The van der Waals surface area contributed by atoms with Gasteiger partial charge in [-0.25, -0.2) is 0 Å². The van der Waals surface area contributed by atoms with Crippen LogP contribution in [0.15, 0.2) is 0 Å². The Morgan fingerprint density at radius 2 is 2.11 bits per heavy atom. The van der Waals surface area contributed by atoms with Gasteiger partial charge < -0.3 is 16.0 Å². The van der Waals surface area contributed by atoms with Crippen LogP contribution in [0, 0.1) is 0 Å². The van der Waals surface area contributed by atoms with Gasteiger partial charge in [0.1, 0.15) is 0 Å². The van der Waals surface area contributed by atoms with Crippen molar-refractivity contribution in [1.29, 1.82) is 0 Å². The van der Waals surface area contributed by atoms with Gasteiger partial charge in [0, 0.05) is 37.8 Å². The second-order valence-corrected chi connectivity index (χ2v) is 6.69. The average molecular weight is 268 g/mol. The Balaban J connectivity index is 1.78. The van der Waals surface area contributed by atoms with E-state index in [1.807, 2.05) is 0 Å². The summed E-state index contributed by atoms with van der Waals surface area (Å²) in [6.45, 7) is 8.71. The van der Waals surface area contributed by atoms with E-state index in [-0.39, 0.29) is 17.5 Å². The highest BCUT2D eigenvalue weighted by atomic mass is 16.1. The summed E-state index contributed by atoms with van der Waals surface area (Å²) in [6, 6.07) is 0.372. The zero-order valence-corrected chi connectivity index (χ0v) is 12.5. The zero-order chi connectivity index (χ0) is 14.0. The number of amides is 1. The third-order valence-electron chi connectivity index (χ3n) is 4.49. The Labute approximate surface area is 116 Å². The van der Waals surface area contributed by atoms with E-state index in [0.29, 0.717) is 6.04 Å². The maximum atomic E-state index is 11.4. The Morgan fingerprint density at radius 1 is 1.42 bits per heavy atom. The van der Waals surface area contributed by atoms with Crippen LogP contribution in [0.4, 0.5) is 0 Å². The van der Waals surface area contributed by atoms with E-state index >= 15 is 0 Å². The minimum absolute atomic E-state index is 0.157. The van der Waals surface area contributed by atoms with E-state index in [1.54, 1.807) is 0 Å². The van der Waals surface area contributed by atoms with Crippen molar-refractivity contribution >= 4 is 5.91 Å². The average Bonchev–Trinajstić information content (AvgIpc) is 3.12. The van der Waals surface area contributed by atoms with Gasteiger partial charge in [0.25, 0.3) is 0 Å². The fraction of sp³-hybridized carbons (Fsp3) is 0.929. The molecule has 1 amide bonds. The standard InChI is InChI=1S/C14H28N4O/c1-14(2)10-18(9-8-17(14)3)7-6-12(13(15)19)16-11-4-5-11/h11-12,16H,4-10H2,1-3H3,(H2,15,19). The first kappa shape index (κ1) is 14.8. The van der Waals surface area contributed by atoms with Gasteiger partial charge in [0.05, 0.1) is 6.04 Å². The fourth-order valence-corrected chi connectivity index (χ4v) is 2.69. The number of piperazine rings is 1. The van der Waals surface area contributed by atoms with Crippen LogP contribution in [0.25, 0.3) is 0 Å². The molecule has 0 spiro atoms. The van der Waals surface area contributed by atoms with Gasteiger partial charge in [0.15, 0.2) is 0 Å². The molecule has 1 atom stereocenters. The van der Waals surface area contributed by atoms with Gasteiger partial charge in [0.2, 0.25) is 5.91 Å². The number of nitrogens with two attached hydrogens (primary N) is 1. The lowest BCUT2D eigenvalue weighted by molar-refractivity contribution is -0.120. The molecule has 0 aromatic heterocycles. The van der Waals surface area contributed by atoms with Crippen LogP contribution in [-0.2, 0) is 4.79 Å². The molecule has 2 fully saturated rings. The fourth-order valence-electron chi connectivity index (χ4n) is 2.69. The molecule has 5 heteroatoms. The summed E-state index contributed by atoms with van der Waals surface area (Å²) in [7, 11) is 2.18. The SMILES string of the molecule is CN1CCN(CCC(NC2CC2)C(N)=O)CC1(C)C. The number of carbonyl (C=O) groups is 1. The molecule has 1 saturated carbocycles. The molecule has 0 bridgehead atoms. The van der Waals surface area contributed by atoms with Crippen LogP contribution in [0.5, 0.6) is 0 Å². The molecule has 0 radical (unpaired) electrons. The molecule has 5 nitrogen and oxygen atoms in total. The lowest BCUT2D eigenvalue weighted by Crippen LogP contribution is -2.58. The van der Waals surface area contributed by atoms with E-state index in [2.05, 4.69) is 36.0 Å². The van der Waals surface area contributed by atoms with Crippen LogP contribution in [-0.4, -0.2) is 66.6 Å². The summed E-state index contributed by atoms with van der Waals surface area (Å²) < 4.78 is 0. The van der Waals surface area contributed by atoms with Crippen LogP contribution in [0.1, 0.15) is 33.1 Å². The van der Waals surface area contributed by atoms with Gasteiger partial charge in [-0.15, -0.1) is 0 Å². The van der Waals surface area contributed by atoms with Crippen molar-refractivity contribution in [3.8, 4) is 0 Å². The largest absolute Gasteiger partial charge is 0.368 e. The summed E-state index contributed by atoms with van der Waals surface area (Å²) >= 11 is 0. The number of likely N-dealkylation sites (N-methyl/N-ethyl adjacent to an activating group) is 1. The molecular formula is C14H28N4O. The summed E-state index contributed by atoms with van der Waals surface area (Å²) in [4.78, 5) is 16.3. The lowest BCUT2D eigenvalue weighted by Gasteiger charge is -2.45. The minimum Gasteiger partial charge on any atom is -0.368 e. The van der Waals surface area contributed by atoms with Crippen molar-refractivity contribution in [2.75, 3.05) is 33.2 Å². The highest BCUT2D eigenvalue weighted by Gasteiger charge is 2.32. The van der Waals surface area contributed by atoms with Gasteiger partial charge in [-0.05, 0) is 40.2 Å². The number of nitrogens with one attached hydrogen (secondary N) is 1. The molecule has 1 unspecified atom stereocenters. The Kier molecular flexibility index (Phi) is 4.48. The summed E-state index contributed by atoms with van der Waals surface area (Å²) in [5.41, 5.74) is 5.69. The summed E-state index contributed by atoms with van der Waals surface area (Å²) in [5, 5.41) is 3.35. The highest BCUT2D eigenvalue weighted by molar-refractivity contribution is 5.79. The number of hydrogen-bond acceptors (Lipinski definition) is 4. The minimum atomic E-state index is -0.208. The molecule has 1 heterocycles. The van der Waals surface area contributed by atoms with Crippen LogP contribution in [0.3, 0.4) is 0 Å². The first-order valence-corrected chi connectivity index (χ1v) is 7.37. The topological polar surface area (TPSA) is 61.6 Å². The van der Waals surface area contributed by atoms with Crippen molar-refractivity contribution in [1.82, 2.24) is 15.1 Å². The molecular weight excluding hydrogens is 240 g/mol. The molecule has 0 aromatic carbocycles. The second kappa shape index (κ2) is 5.77. The van der Waals surface area contributed by atoms with Gasteiger partial charge in [-0.1, -0.05) is 0 Å². The molecule has 2 aliphatic rings. The summed E-state index contributed by atoms with van der Waals surface area (Å²) in [5.74, 6) is -0.208. The molecule has 1 saturated heterocycles. The summed E-state index contributed by atoms with van der Waals surface area (Å²) in [6.07, 6.45) is 3.20. The third kappa shape index (κ3) is 4.16. The number of rotatable bonds is 6. The monoisotopic (exact) mass is 268 g/mol. The predicted octanol–water partition coefficient (Wildman–Crippen LogP) is 0.00840. The van der Waals surface area contributed by atoms with Crippen LogP contribution < -0.4 is 11.1 Å². The van der Waals surface area contributed by atoms with Crippen LogP contribution >= 0.6 is 0 Å². The lowest BCUT2D eigenvalue weighted by atomic mass is 9.99. The highest BCUT2D eigenvalue weighted by Crippen LogP contribution is 2.21. The molecule has 3 N–H and O–H groups in total. The Bertz CT molecular complexity index is 327. The smallest absolute Gasteiger partial charge is 0.234 e. The van der Waals surface area contributed by atoms with Gasteiger partial charge in [-0.3, -0.25) is 9.69 Å². The zero-order valence-electron chi connectivity index (χ0n) is 12.5. The van der Waals surface area contributed by atoms with E-state index in [9.17, 15) is 4.79 Å². The maximum absolute atomic E-state index is 11.4. The van der Waals surface area contributed by atoms with E-state index < -0.39 is 0 Å². The Hall–Kier alpha value is -0.650. The van der Waals surface area contributed by atoms with Crippen molar-refractivity contribution < 1.29 is 4.79 Å². The molecule has 2 rings (SSSR count). The van der Waals surface area contributed by atoms with Crippen molar-refractivity contribution in [2.24, 2.45) is 5.73 Å². The van der Waals surface area contributed by atoms with Crippen molar-refractivity contribution in [3.63, 3.8) is 0 Å². The van der Waals surface area contributed by atoms with Crippen molar-refractivity contribution in [2.45, 2.75) is 50.7 Å². The number of carbonyl (C=O) groups excluding carboxylic acids is 1. The van der Waals surface area contributed by atoms with Crippen molar-refractivity contribution in [3.05, 3.63) is 0 Å². The van der Waals surface area contributed by atoms with E-state index in [1.165, 1.54) is 12.8 Å². The first-order valence-electron chi connectivity index (χ1n) is 7.37. The molecule has 19 heavy (non-hydrogen) atoms. The number of hydrogen-bond donors (Lipinski definition) is 2. The number of primary amides is 1. The van der Waals surface area contributed by atoms with Gasteiger partial charge in [-0.2, -0.15) is 0 Å². The first-order chi connectivity index (χ1) is 8.88. The molecule has 0 aromatic rings. The van der Waals surface area contributed by atoms with E-state index in [0.717, 1.165) is 32.6 Å². The number of nitrogens with zero attached hydrogens (tertiary/aromatic N) is 2. The third-order valence-corrected chi connectivity index (χ3v) is 4.49. The maximum Gasteiger partial charge on any atom is 0.234 e. The Morgan fingerprint density at radius 3 is 2.63 bits per heavy atom. The molecule has 1 aliphatic carbocycles. The normalized spacial score (nSPS) is 26.3. The molecule has 1 aliphatic heterocycles. The quantitative estimate of drug-likeness (QED) is 0.712. The van der Waals surface area contributed by atoms with E-state index in [4.69, 9.17) is 5.73 Å². The molecule has 110 valence electrons.